The standard InChI is InChI=1S/C12H20N4O/c1-9(2)7-8-13-11-6-5-10(14-15-11)12(17)16(3)4/h5-6,9H,7-8H2,1-4H3,(H,13,15). The normalized spacial score (nSPS) is 10.4. The number of anilines is 1. The van der Waals surface area contributed by atoms with Crippen LogP contribution in [0.1, 0.15) is 30.8 Å². The van der Waals surface area contributed by atoms with Crippen molar-refractivity contribution >= 4 is 11.7 Å². The molecule has 1 heterocycles. The number of amides is 1. The van der Waals surface area contributed by atoms with Crippen molar-refractivity contribution in [3.63, 3.8) is 0 Å². The highest BCUT2D eigenvalue weighted by molar-refractivity contribution is 5.91. The maximum Gasteiger partial charge on any atom is 0.273 e. The van der Waals surface area contributed by atoms with E-state index in [0.717, 1.165) is 13.0 Å². The Kier molecular flexibility index (Phi) is 4.87. The van der Waals surface area contributed by atoms with Gasteiger partial charge in [0, 0.05) is 20.6 Å². The maximum absolute atomic E-state index is 11.6. The maximum atomic E-state index is 11.6. The number of rotatable bonds is 5. The first-order valence-electron chi connectivity index (χ1n) is 5.80. The van der Waals surface area contributed by atoms with Crippen LogP contribution >= 0.6 is 0 Å². The Hall–Kier alpha value is -1.65. The van der Waals surface area contributed by atoms with Crippen LogP contribution in [0.4, 0.5) is 5.82 Å². The molecule has 5 nitrogen and oxygen atoms in total. The van der Waals surface area contributed by atoms with Crippen molar-refractivity contribution in [2.45, 2.75) is 20.3 Å². The average Bonchev–Trinajstić information content (AvgIpc) is 2.28. The monoisotopic (exact) mass is 236 g/mol. The molecule has 0 atom stereocenters. The lowest BCUT2D eigenvalue weighted by molar-refractivity contribution is 0.0821. The first-order valence-corrected chi connectivity index (χ1v) is 5.80. The summed E-state index contributed by atoms with van der Waals surface area (Å²) in [6.45, 7) is 5.21. The molecule has 1 aromatic rings. The van der Waals surface area contributed by atoms with Crippen LogP contribution in [0.2, 0.25) is 0 Å². The number of carbonyl (C=O) groups excluding carboxylic acids is 1. The molecule has 0 aliphatic heterocycles. The van der Waals surface area contributed by atoms with Crippen LogP contribution in [-0.4, -0.2) is 41.6 Å². The van der Waals surface area contributed by atoms with E-state index in [1.165, 1.54) is 4.90 Å². The van der Waals surface area contributed by atoms with Crippen molar-refractivity contribution in [3.8, 4) is 0 Å². The first kappa shape index (κ1) is 13.4. The summed E-state index contributed by atoms with van der Waals surface area (Å²) < 4.78 is 0. The Morgan fingerprint density at radius 1 is 1.35 bits per heavy atom. The fraction of sp³-hybridized carbons (Fsp3) is 0.583. The van der Waals surface area contributed by atoms with Crippen molar-refractivity contribution in [2.75, 3.05) is 26.0 Å². The molecule has 1 amide bonds. The minimum atomic E-state index is -0.133. The predicted molar refractivity (Wildman–Crippen MR) is 68.0 cm³/mol. The summed E-state index contributed by atoms with van der Waals surface area (Å²) >= 11 is 0. The van der Waals surface area contributed by atoms with Gasteiger partial charge in [-0.3, -0.25) is 4.79 Å². The molecule has 0 fully saturated rings. The SMILES string of the molecule is CC(C)CCNc1ccc(C(=O)N(C)C)nn1. The van der Waals surface area contributed by atoms with Crippen LogP contribution in [0.5, 0.6) is 0 Å². The zero-order valence-corrected chi connectivity index (χ0v) is 10.9. The second kappa shape index (κ2) is 6.18. The van der Waals surface area contributed by atoms with E-state index in [4.69, 9.17) is 0 Å². The summed E-state index contributed by atoms with van der Waals surface area (Å²) in [6, 6.07) is 3.47. The van der Waals surface area contributed by atoms with Gasteiger partial charge in [0.25, 0.3) is 5.91 Å². The molecule has 0 unspecified atom stereocenters. The van der Waals surface area contributed by atoms with Gasteiger partial charge in [0.15, 0.2) is 5.69 Å². The molecule has 5 heteroatoms. The topological polar surface area (TPSA) is 58.1 Å². The number of hydrogen-bond donors (Lipinski definition) is 1. The molecular formula is C12H20N4O. The summed E-state index contributed by atoms with van der Waals surface area (Å²) in [6.07, 6.45) is 1.08. The Morgan fingerprint density at radius 3 is 2.53 bits per heavy atom. The average molecular weight is 236 g/mol. The van der Waals surface area contributed by atoms with E-state index in [-0.39, 0.29) is 5.91 Å². The number of aromatic nitrogens is 2. The van der Waals surface area contributed by atoms with E-state index < -0.39 is 0 Å². The summed E-state index contributed by atoms with van der Waals surface area (Å²) in [5.41, 5.74) is 0.365. The minimum absolute atomic E-state index is 0.133. The fourth-order valence-corrected chi connectivity index (χ4v) is 1.26. The number of nitrogens with one attached hydrogen (secondary N) is 1. The molecule has 0 bridgehead atoms. The lowest BCUT2D eigenvalue weighted by atomic mass is 10.1. The van der Waals surface area contributed by atoms with Gasteiger partial charge in [-0.25, -0.2) is 0 Å². The van der Waals surface area contributed by atoms with Crippen molar-refractivity contribution in [3.05, 3.63) is 17.8 Å². The van der Waals surface area contributed by atoms with Crippen LogP contribution in [0.25, 0.3) is 0 Å². The van der Waals surface area contributed by atoms with Crippen LogP contribution in [-0.2, 0) is 0 Å². The van der Waals surface area contributed by atoms with Crippen molar-refractivity contribution < 1.29 is 4.79 Å². The van der Waals surface area contributed by atoms with Gasteiger partial charge in [-0.1, -0.05) is 13.8 Å². The third-order valence-corrected chi connectivity index (χ3v) is 2.32. The van der Waals surface area contributed by atoms with Gasteiger partial charge < -0.3 is 10.2 Å². The molecule has 0 saturated carbocycles. The van der Waals surface area contributed by atoms with Gasteiger partial charge >= 0.3 is 0 Å². The number of hydrogen-bond acceptors (Lipinski definition) is 4. The first-order chi connectivity index (χ1) is 8.00. The van der Waals surface area contributed by atoms with Crippen molar-refractivity contribution in [2.24, 2.45) is 5.92 Å². The second-order valence-electron chi connectivity index (χ2n) is 4.61. The molecular weight excluding hydrogens is 216 g/mol. The van der Waals surface area contributed by atoms with Gasteiger partial charge in [0.2, 0.25) is 0 Å². The summed E-state index contributed by atoms with van der Waals surface area (Å²) in [7, 11) is 3.39. The van der Waals surface area contributed by atoms with E-state index in [1.54, 1.807) is 26.2 Å². The van der Waals surface area contributed by atoms with Crippen molar-refractivity contribution in [1.82, 2.24) is 15.1 Å². The van der Waals surface area contributed by atoms with Crippen LogP contribution in [0, 0.1) is 5.92 Å². The molecule has 0 spiro atoms. The number of carbonyl (C=O) groups is 1. The molecule has 1 N–H and O–H groups in total. The van der Waals surface area contributed by atoms with E-state index in [2.05, 4.69) is 29.4 Å². The van der Waals surface area contributed by atoms with E-state index >= 15 is 0 Å². The third-order valence-electron chi connectivity index (χ3n) is 2.32. The summed E-state index contributed by atoms with van der Waals surface area (Å²) in [5.74, 6) is 1.23. The van der Waals surface area contributed by atoms with Gasteiger partial charge in [0.05, 0.1) is 0 Å². The molecule has 0 saturated heterocycles. The Labute approximate surface area is 102 Å². The summed E-state index contributed by atoms with van der Waals surface area (Å²) in [5, 5.41) is 11.0. The van der Waals surface area contributed by atoms with E-state index in [1.807, 2.05) is 0 Å². The largest absolute Gasteiger partial charge is 0.369 e. The molecule has 0 aliphatic carbocycles. The number of nitrogens with zero attached hydrogens (tertiary/aromatic N) is 3. The van der Waals surface area contributed by atoms with E-state index in [0.29, 0.717) is 17.4 Å². The van der Waals surface area contributed by atoms with Crippen LogP contribution in [0.15, 0.2) is 12.1 Å². The fourth-order valence-electron chi connectivity index (χ4n) is 1.26. The zero-order valence-electron chi connectivity index (χ0n) is 10.9. The highest BCUT2D eigenvalue weighted by atomic mass is 16.2. The molecule has 17 heavy (non-hydrogen) atoms. The highest BCUT2D eigenvalue weighted by Gasteiger charge is 2.09. The molecule has 0 radical (unpaired) electrons. The van der Waals surface area contributed by atoms with Gasteiger partial charge in [0.1, 0.15) is 5.82 Å². The molecule has 94 valence electrons. The molecule has 1 rings (SSSR count). The van der Waals surface area contributed by atoms with E-state index in [9.17, 15) is 4.79 Å². The Balaban J connectivity index is 2.53. The quantitative estimate of drug-likeness (QED) is 0.844. The summed E-state index contributed by atoms with van der Waals surface area (Å²) in [4.78, 5) is 13.0. The lowest BCUT2D eigenvalue weighted by Crippen LogP contribution is -2.23. The minimum Gasteiger partial charge on any atom is -0.369 e. The third kappa shape index (κ3) is 4.38. The second-order valence-corrected chi connectivity index (χ2v) is 4.61. The molecule has 1 aromatic heterocycles. The van der Waals surface area contributed by atoms with Crippen molar-refractivity contribution in [1.29, 1.82) is 0 Å². The predicted octanol–water partition coefficient (Wildman–Crippen LogP) is 1.64. The van der Waals surface area contributed by atoms with Gasteiger partial charge in [-0.05, 0) is 24.5 Å². The van der Waals surface area contributed by atoms with Gasteiger partial charge in [-0.15, -0.1) is 10.2 Å². The molecule has 0 aliphatic rings. The van der Waals surface area contributed by atoms with Crippen LogP contribution < -0.4 is 5.32 Å². The molecule has 0 aromatic carbocycles. The lowest BCUT2D eigenvalue weighted by Gasteiger charge is -2.10. The van der Waals surface area contributed by atoms with Crippen LogP contribution in [0.3, 0.4) is 0 Å². The van der Waals surface area contributed by atoms with Gasteiger partial charge in [-0.2, -0.15) is 0 Å². The Bertz CT molecular complexity index is 359. The highest BCUT2D eigenvalue weighted by Crippen LogP contribution is 2.05. The Morgan fingerprint density at radius 2 is 2.06 bits per heavy atom. The zero-order chi connectivity index (χ0) is 12.8. The smallest absolute Gasteiger partial charge is 0.273 e.